The third-order valence-electron chi connectivity index (χ3n) is 3.74. The fraction of sp³-hybridized carbons (Fsp3) is 0.692. The fourth-order valence-corrected chi connectivity index (χ4v) is 1.97. The van der Waals surface area contributed by atoms with Crippen molar-refractivity contribution in [3.63, 3.8) is 0 Å². The van der Waals surface area contributed by atoms with Gasteiger partial charge < -0.3 is 15.7 Å². The molecule has 0 spiro atoms. The van der Waals surface area contributed by atoms with Crippen molar-refractivity contribution in [3.05, 3.63) is 0 Å². The lowest BCUT2D eigenvalue weighted by Gasteiger charge is -2.19. The maximum absolute atomic E-state index is 12.1. The number of carbonyl (C=O) groups is 4. The van der Waals surface area contributed by atoms with E-state index in [4.69, 9.17) is 5.11 Å². The molecule has 8 heteroatoms. The molecule has 1 rings (SSSR count). The highest BCUT2D eigenvalue weighted by molar-refractivity contribution is 6.08. The monoisotopic (exact) mass is 299 g/mol. The first-order chi connectivity index (χ1) is 9.75. The van der Waals surface area contributed by atoms with E-state index in [1.807, 2.05) is 0 Å². The topological polar surface area (TPSA) is 116 Å². The number of carboxylic acids is 1. The highest BCUT2D eigenvalue weighted by Crippen LogP contribution is 2.20. The predicted molar refractivity (Wildman–Crippen MR) is 73.4 cm³/mol. The first kappa shape index (κ1) is 16.9. The molecule has 8 nitrogen and oxygen atoms in total. The van der Waals surface area contributed by atoms with Crippen molar-refractivity contribution in [2.45, 2.75) is 39.2 Å². The molecule has 1 aliphatic heterocycles. The molecular weight excluding hydrogens is 278 g/mol. The number of carboxylic acid groups (broad SMARTS) is 1. The molecule has 0 aliphatic carbocycles. The maximum Gasteiger partial charge on any atom is 0.325 e. The van der Waals surface area contributed by atoms with Gasteiger partial charge in [-0.1, -0.05) is 13.8 Å². The van der Waals surface area contributed by atoms with Crippen LogP contribution in [0.3, 0.4) is 0 Å². The van der Waals surface area contributed by atoms with Crippen LogP contribution in [0.15, 0.2) is 0 Å². The van der Waals surface area contributed by atoms with Gasteiger partial charge >= 0.3 is 12.0 Å². The summed E-state index contributed by atoms with van der Waals surface area (Å²) in [6.45, 7) is 4.63. The predicted octanol–water partition coefficient (Wildman–Crippen LogP) is -0.0661. The Balaban J connectivity index is 2.58. The number of nitrogens with one attached hydrogen (secondary N) is 2. The molecule has 21 heavy (non-hydrogen) atoms. The van der Waals surface area contributed by atoms with Crippen LogP contribution >= 0.6 is 0 Å². The Labute approximate surface area is 122 Å². The number of hydrogen-bond acceptors (Lipinski definition) is 4. The number of imide groups is 1. The molecule has 2 atom stereocenters. The summed E-state index contributed by atoms with van der Waals surface area (Å²) in [6, 6.07) is -0.607. The Morgan fingerprint density at radius 3 is 2.43 bits per heavy atom. The molecule has 4 amide bonds. The molecule has 0 aromatic heterocycles. The van der Waals surface area contributed by atoms with E-state index in [9.17, 15) is 19.2 Å². The van der Waals surface area contributed by atoms with Crippen LogP contribution in [0.2, 0.25) is 0 Å². The van der Waals surface area contributed by atoms with Crippen molar-refractivity contribution in [2.24, 2.45) is 5.92 Å². The molecule has 0 aromatic rings. The van der Waals surface area contributed by atoms with Crippen molar-refractivity contribution < 1.29 is 24.3 Å². The van der Waals surface area contributed by atoms with Gasteiger partial charge in [0.1, 0.15) is 12.1 Å². The van der Waals surface area contributed by atoms with Crippen molar-refractivity contribution in [2.75, 3.05) is 13.1 Å². The minimum atomic E-state index is -0.994. The Hall–Kier alpha value is -2.12. The van der Waals surface area contributed by atoms with E-state index in [2.05, 4.69) is 10.6 Å². The van der Waals surface area contributed by atoms with Gasteiger partial charge in [-0.15, -0.1) is 0 Å². The lowest BCUT2D eigenvalue weighted by molar-refractivity contribution is -0.142. The Morgan fingerprint density at radius 1 is 1.38 bits per heavy atom. The maximum atomic E-state index is 12.1. The van der Waals surface area contributed by atoms with E-state index < -0.39 is 41.8 Å². The Kier molecular flexibility index (Phi) is 5.28. The Morgan fingerprint density at radius 2 is 2.00 bits per heavy atom. The average Bonchev–Trinajstić information content (AvgIpc) is 2.63. The summed E-state index contributed by atoms with van der Waals surface area (Å²) < 4.78 is 0. The molecule has 1 heterocycles. The minimum absolute atomic E-state index is 0.0284. The van der Waals surface area contributed by atoms with Crippen LogP contribution in [-0.4, -0.2) is 52.4 Å². The van der Waals surface area contributed by atoms with E-state index in [0.717, 1.165) is 4.90 Å². The zero-order valence-corrected chi connectivity index (χ0v) is 12.4. The van der Waals surface area contributed by atoms with Crippen molar-refractivity contribution >= 4 is 23.8 Å². The number of aliphatic carboxylic acids is 1. The summed E-state index contributed by atoms with van der Waals surface area (Å²) in [4.78, 5) is 47.2. The molecule has 0 radical (unpaired) electrons. The van der Waals surface area contributed by atoms with E-state index in [0.29, 0.717) is 12.8 Å². The van der Waals surface area contributed by atoms with E-state index in [-0.39, 0.29) is 6.54 Å². The van der Waals surface area contributed by atoms with Gasteiger partial charge in [0.05, 0.1) is 5.92 Å². The second-order valence-corrected chi connectivity index (χ2v) is 5.25. The normalized spacial score (nSPS) is 22.9. The smallest absolute Gasteiger partial charge is 0.325 e. The summed E-state index contributed by atoms with van der Waals surface area (Å²) in [5, 5.41) is 13.9. The fourth-order valence-electron chi connectivity index (χ4n) is 1.97. The number of amides is 4. The van der Waals surface area contributed by atoms with Crippen LogP contribution in [0.25, 0.3) is 0 Å². The zero-order valence-electron chi connectivity index (χ0n) is 12.4. The summed E-state index contributed by atoms with van der Waals surface area (Å²) in [6.07, 6.45) is 0.805. The summed E-state index contributed by atoms with van der Waals surface area (Å²) in [7, 11) is 0. The number of hydrogen-bond donors (Lipinski definition) is 3. The van der Waals surface area contributed by atoms with Crippen LogP contribution in [0, 0.1) is 5.92 Å². The first-order valence-corrected chi connectivity index (χ1v) is 6.88. The number of carbonyl (C=O) groups excluding carboxylic acids is 3. The summed E-state index contributed by atoms with van der Waals surface area (Å²) >= 11 is 0. The van der Waals surface area contributed by atoms with Gasteiger partial charge in [0.25, 0.3) is 5.91 Å². The van der Waals surface area contributed by atoms with E-state index in [1.165, 1.54) is 0 Å². The molecular formula is C13H21N3O5. The SMILES string of the molecule is CCC(CNC(=O)CN1C(=O)NC(C)(CC)C1=O)C(=O)O. The third-order valence-corrected chi connectivity index (χ3v) is 3.74. The second-order valence-electron chi connectivity index (χ2n) is 5.25. The lowest BCUT2D eigenvalue weighted by Crippen LogP contribution is -2.45. The van der Waals surface area contributed by atoms with E-state index >= 15 is 0 Å². The standard InChI is InChI=1S/C13H21N3O5/c1-4-8(10(18)19)6-14-9(17)7-16-11(20)13(3,5-2)15-12(16)21/h8H,4-7H2,1-3H3,(H,14,17)(H,15,21)(H,18,19). The van der Waals surface area contributed by atoms with Gasteiger partial charge in [-0.3, -0.25) is 19.3 Å². The second kappa shape index (κ2) is 6.55. The van der Waals surface area contributed by atoms with Gasteiger partial charge in [0.15, 0.2) is 0 Å². The molecule has 0 bridgehead atoms. The highest BCUT2D eigenvalue weighted by Gasteiger charge is 2.46. The molecule has 0 saturated carbocycles. The van der Waals surface area contributed by atoms with Crippen LogP contribution in [0.5, 0.6) is 0 Å². The number of urea groups is 1. The summed E-state index contributed by atoms with van der Waals surface area (Å²) in [5.41, 5.74) is -0.982. The molecule has 1 saturated heterocycles. The van der Waals surface area contributed by atoms with Crippen LogP contribution in [0.1, 0.15) is 33.6 Å². The minimum Gasteiger partial charge on any atom is -0.481 e. The lowest BCUT2D eigenvalue weighted by atomic mass is 9.99. The van der Waals surface area contributed by atoms with Gasteiger partial charge in [0, 0.05) is 6.54 Å². The van der Waals surface area contributed by atoms with Gasteiger partial charge in [0.2, 0.25) is 5.91 Å². The van der Waals surface area contributed by atoms with Crippen molar-refractivity contribution in [1.29, 1.82) is 0 Å². The highest BCUT2D eigenvalue weighted by atomic mass is 16.4. The molecule has 0 aromatic carbocycles. The average molecular weight is 299 g/mol. The first-order valence-electron chi connectivity index (χ1n) is 6.88. The molecule has 1 aliphatic rings. The van der Waals surface area contributed by atoms with Crippen molar-refractivity contribution in [3.8, 4) is 0 Å². The van der Waals surface area contributed by atoms with Crippen LogP contribution in [-0.2, 0) is 14.4 Å². The van der Waals surface area contributed by atoms with Gasteiger partial charge in [-0.2, -0.15) is 0 Å². The largest absolute Gasteiger partial charge is 0.481 e. The third kappa shape index (κ3) is 3.71. The van der Waals surface area contributed by atoms with E-state index in [1.54, 1.807) is 20.8 Å². The van der Waals surface area contributed by atoms with Crippen LogP contribution < -0.4 is 10.6 Å². The quantitative estimate of drug-likeness (QED) is 0.569. The number of nitrogens with zero attached hydrogens (tertiary/aromatic N) is 1. The van der Waals surface area contributed by atoms with Gasteiger partial charge in [-0.05, 0) is 19.8 Å². The zero-order chi connectivity index (χ0) is 16.2. The number of rotatable bonds is 7. The van der Waals surface area contributed by atoms with Crippen LogP contribution in [0.4, 0.5) is 4.79 Å². The molecule has 3 N–H and O–H groups in total. The molecule has 2 unspecified atom stereocenters. The summed E-state index contributed by atoms with van der Waals surface area (Å²) in [5.74, 6) is -2.68. The van der Waals surface area contributed by atoms with Gasteiger partial charge in [-0.25, -0.2) is 4.79 Å². The molecule has 118 valence electrons. The molecule has 1 fully saturated rings. The van der Waals surface area contributed by atoms with Crippen molar-refractivity contribution in [1.82, 2.24) is 15.5 Å². The Bertz CT molecular complexity index is 465.